The third-order valence-electron chi connectivity index (χ3n) is 10.7. The molecule has 1 fully saturated rings. The van der Waals surface area contributed by atoms with Gasteiger partial charge in [0.05, 0.1) is 17.0 Å². The number of nitrogens with one attached hydrogen (secondary N) is 2. The van der Waals surface area contributed by atoms with E-state index in [9.17, 15) is 32.7 Å². The molecular formula is C43H46N2O8S2. The number of carboxylic acids is 2. The molecule has 0 unspecified atom stereocenters. The van der Waals surface area contributed by atoms with Gasteiger partial charge in [-0.2, -0.15) is 0 Å². The molecule has 4 aromatic rings. The van der Waals surface area contributed by atoms with Gasteiger partial charge in [-0.15, -0.1) is 11.3 Å². The molecule has 3 aromatic carbocycles. The second-order valence-corrected chi connectivity index (χ2v) is 17.8. The van der Waals surface area contributed by atoms with Crippen molar-refractivity contribution in [1.29, 1.82) is 0 Å². The summed E-state index contributed by atoms with van der Waals surface area (Å²) in [5.74, 6) is -2.65. The molecule has 1 aromatic heterocycles. The monoisotopic (exact) mass is 782 g/mol. The summed E-state index contributed by atoms with van der Waals surface area (Å²) in [5, 5.41) is 25.0. The second kappa shape index (κ2) is 17.6. The van der Waals surface area contributed by atoms with Gasteiger partial charge < -0.3 is 20.8 Å². The number of sulfone groups is 1. The minimum Gasteiger partial charge on any atom is -0.481 e. The van der Waals surface area contributed by atoms with E-state index in [-0.39, 0.29) is 29.2 Å². The van der Waals surface area contributed by atoms with Crippen molar-refractivity contribution < 1.29 is 37.8 Å². The standard InChI is InChI=1S/C43H46N2O8S2/c1-55(52,53)35(26-30-13-20-32(21-14-30)43(50)51)24-17-29-5-4-6-33(25-29)39(46)45-41-38(36-7-2-3-8-37(36)54-41)40(47)44-34-22-15-28(16-23-34)10-9-27-11-18-31(19-12-27)42(48)49/h4-6,11-12,15-16,18-19,22-25,30,32H,2-3,7-10,13-14,17,20-21,26H2,1H3,(H,44,47)(H,45,46)(H,48,49)(H,50,51)/b35-24-/t30-,32-. The van der Waals surface area contributed by atoms with E-state index in [1.165, 1.54) is 17.6 Å². The van der Waals surface area contributed by atoms with Crippen molar-refractivity contribution in [2.24, 2.45) is 11.8 Å². The Morgan fingerprint density at radius 2 is 1.44 bits per heavy atom. The molecule has 55 heavy (non-hydrogen) atoms. The van der Waals surface area contributed by atoms with Crippen LogP contribution in [0, 0.1) is 11.8 Å². The average Bonchev–Trinajstić information content (AvgIpc) is 3.54. The topological polar surface area (TPSA) is 167 Å². The van der Waals surface area contributed by atoms with Crippen molar-refractivity contribution in [3.8, 4) is 0 Å². The summed E-state index contributed by atoms with van der Waals surface area (Å²) in [6.07, 6.45) is 11.1. The number of hydrogen-bond acceptors (Lipinski definition) is 7. The third kappa shape index (κ3) is 10.4. The van der Waals surface area contributed by atoms with Gasteiger partial charge in [-0.1, -0.05) is 42.5 Å². The molecule has 1 heterocycles. The first kappa shape index (κ1) is 39.6. The quantitative estimate of drug-likeness (QED) is 0.0990. The maximum absolute atomic E-state index is 13.9. The SMILES string of the molecule is CS(=O)(=O)/C(=C\Cc1cccc(C(=O)Nc2sc3c(c2C(=O)Nc2ccc(CCc4ccc(C(=O)O)cc4)cc2)CCCC3)c1)C[C@H]1CC[C@H](C(=O)O)CC1. The molecule has 0 bridgehead atoms. The van der Waals surface area contributed by atoms with Gasteiger partial charge in [-0.3, -0.25) is 14.4 Å². The predicted octanol–water partition coefficient (Wildman–Crippen LogP) is 8.37. The van der Waals surface area contributed by atoms with Gasteiger partial charge >= 0.3 is 11.9 Å². The number of hydrogen-bond donors (Lipinski definition) is 4. The number of aromatic carboxylic acids is 1. The van der Waals surface area contributed by atoms with Crippen LogP contribution in [0.3, 0.4) is 0 Å². The zero-order chi connectivity index (χ0) is 39.1. The highest BCUT2D eigenvalue weighted by molar-refractivity contribution is 7.94. The molecule has 0 atom stereocenters. The Balaban J connectivity index is 1.11. The highest BCUT2D eigenvalue weighted by Gasteiger charge is 2.29. The van der Waals surface area contributed by atoms with Gasteiger partial charge in [0, 0.05) is 27.3 Å². The molecule has 10 nitrogen and oxygen atoms in total. The van der Waals surface area contributed by atoms with E-state index in [4.69, 9.17) is 5.11 Å². The van der Waals surface area contributed by atoms with Crippen molar-refractivity contribution in [2.45, 2.75) is 77.0 Å². The van der Waals surface area contributed by atoms with Crippen LogP contribution < -0.4 is 10.6 Å². The van der Waals surface area contributed by atoms with E-state index in [0.29, 0.717) is 65.2 Å². The van der Waals surface area contributed by atoms with Crippen LogP contribution >= 0.6 is 11.3 Å². The molecule has 2 aliphatic rings. The van der Waals surface area contributed by atoms with Crippen LogP contribution in [0.25, 0.3) is 0 Å². The molecule has 0 saturated heterocycles. The fourth-order valence-electron chi connectivity index (χ4n) is 7.48. The molecule has 4 N–H and O–H groups in total. The van der Waals surface area contributed by atoms with Crippen molar-refractivity contribution in [1.82, 2.24) is 0 Å². The first-order valence-electron chi connectivity index (χ1n) is 18.7. The fourth-order valence-corrected chi connectivity index (χ4v) is 9.68. The lowest BCUT2D eigenvalue weighted by atomic mass is 9.80. The van der Waals surface area contributed by atoms with Gasteiger partial charge in [0.1, 0.15) is 5.00 Å². The number of fused-ring (bicyclic) bond motifs is 1. The largest absolute Gasteiger partial charge is 0.481 e. The van der Waals surface area contributed by atoms with Gasteiger partial charge in [-0.25, -0.2) is 13.2 Å². The number of carboxylic acid groups (broad SMARTS) is 2. The lowest BCUT2D eigenvalue weighted by molar-refractivity contribution is -0.143. The van der Waals surface area contributed by atoms with Crippen molar-refractivity contribution in [3.05, 3.63) is 128 Å². The average molecular weight is 783 g/mol. The first-order chi connectivity index (χ1) is 26.3. The van der Waals surface area contributed by atoms with Crippen molar-refractivity contribution >= 4 is 55.6 Å². The zero-order valence-corrected chi connectivity index (χ0v) is 32.4. The summed E-state index contributed by atoms with van der Waals surface area (Å²) in [6.45, 7) is 0. The summed E-state index contributed by atoms with van der Waals surface area (Å²) >= 11 is 1.44. The molecule has 12 heteroatoms. The molecule has 288 valence electrons. The van der Waals surface area contributed by atoms with E-state index in [1.54, 1.807) is 36.4 Å². The second-order valence-electron chi connectivity index (χ2n) is 14.6. The molecule has 2 amide bonds. The van der Waals surface area contributed by atoms with Gasteiger partial charge in [0.15, 0.2) is 9.84 Å². The minimum atomic E-state index is -3.47. The summed E-state index contributed by atoms with van der Waals surface area (Å²) in [4.78, 5) is 51.4. The molecule has 0 aliphatic heterocycles. The van der Waals surface area contributed by atoms with Gasteiger partial charge in [-0.05, 0) is 142 Å². The Morgan fingerprint density at radius 1 is 0.782 bits per heavy atom. The highest BCUT2D eigenvalue weighted by Crippen LogP contribution is 2.39. The normalized spacial score (nSPS) is 17.2. The summed E-state index contributed by atoms with van der Waals surface area (Å²) in [6, 6.07) is 21.5. The minimum absolute atomic E-state index is 0.111. The van der Waals surface area contributed by atoms with E-state index in [2.05, 4.69) is 10.6 Å². The van der Waals surface area contributed by atoms with Gasteiger partial charge in [0.2, 0.25) is 0 Å². The van der Waals surface area contributed by atoms with E-state index >= 15 is 0 Å². The number of benzene rings is 3. The molecule has 1 saturated carbocycles. The summed E-state index contributed by atoms with van der Waals surface area (Å²) < 4.78 is 25.4. The van der Waals surface area contributed by atoms with Crippen molar-refractivity contribution in [3.63, 3.8) is 0 Å². The van der Waals surface area contributed by atoms with Crippen LogP contribution in [0.1, 0.15) is 103 Å². The molecule has 2 aliphatic carbocycles. The number of amides is 2. The summed E-state index contributed by atoms with van der Waals surface area (Å²) in [5.41, 5.74) is 5.62. The third-order valence-corrected chi connectivity index (χ3v) is 13.2. The molecule has 6 rings (SSSR count). The molecule has 0 radical (unpaired) electrons. The maximum Gasteiger partial charge on any atom is 0.335 e. The van der Waals surface area contributed by atoms with E-state index < -0.39 is 21.8 Å². The Morgan fingerprint density at radius 3 is 2.07 bits per heavy atom. The Bertz CT molecular complexity index is 2200. The first-order valence-corrected chi connectivity index (χ1v) is 21.4. The van der Waals surface area contributed by atoms with E-state index in [1.807, 2.05) is 42.5 Å². The van der Waals surface area contributed by atoms with Crippen molar-refractivity contribution in [2.75, 3.05) is 16.9 Å². The van der Waals surface area contributed by atoms with Crippen LogP contribution in [0.15, 0.2) is 83.8 Å². The van der Waals surface area contributed by atoms with Gasteiger partial charge in [0.25, 0.3) is 11.8 Å². The zero-order valence-electron chi connectivity index (χ0n) is 30.8. The van der Waals surface area contributed by atoms with Crippen LogP contribution in [-0.2, 0) is 46.7 Å². The number of carbonyl (C=O) groups excluding carboxylic acids is 2. The van der Waals surface area contributed by atoms with Crippen LogP contribution in [0.4, 0.5) is 10.7 Å². The Hall–Kier alpha value is -5.07. The predicted molar refractivity (Wildman–Crippen MR) is 215 cm³/mol. The highest BCUT2D eigenvalue weighted by atomic mass is 32.2. The van der Waals surface area contributed by atoms with Crippen LogP contribution in [-0.4, -0.2) is 48.6 Å². The number of rotatable bonds is 14. The summed E-state index contributed by atoms with van der Waals surface area (Å²) in [7, 11) is -3.47. The van der Waals surface area contributed by atoms with E-state index in [0.717, 1.165) is 65.7 Å². The number of aryl methyl sites for hydroxylation is 3. The number of carbonyl (C=O) groups is 4. The smallest absolute Gasteiger partial charge is 0.335 e. The Kier molecular flexibility index (Phi) is 12.7. The number of allylic oxidation sites excluding steroid dienone is 2. The van der Waals surface area contributed by atoms with Crippen LogP contribution in [0.2, 0.25) is 0 Å². The Labute approximate surface area is 325 Å². The lowest BCUT2D eigenvalue weighted by Crippen LogP contribution is -2.22. The maximum atomic E-state index is 13.9. The molecular weight excluding hydrogens is 737 g/mol. The number of anilines is 2. The number of thiophene rings is 1. The fraction of sp³-hybridized carbons (Fsp3) is 0.349. The number of aliphatic carboxylic acids is 1. The lowest BCUT2D eigenvalue weighted by Gasteiger charge is -2.26. The molecule has 0 spiro atoms. The van der Waals surface area contributed by atoms with Crippen LogP contribution in [0.5, 0.6) is 0 Å².